The molecule has 28 heavy (non-hydrogen) atoms. The number of nitrogens with one attached hydrogen (secondary N) is 2. The molecular formula is C22H24N4OS. The molecule has 144 valence electrons. The molecule has 0 unspecified atom stereocenters. The quantitative estimate of drug-likeness (QED) is 0.660. The zero-order chi connectivity index (χ0) is 19.5. The van der Waals surface area contributed by atoms with E-state index in [1.54, 1.807) is 0 Å². The third-order valence-corrected chi connectivity index (χ3v) is 5.94. The highest BCUT2D eigenvalue weighted by Crippen LogP contribution is 2.22. The fourth-order valence-corrected chi connectivity index (χ4v) is 4.13. The van der Waals surface area contributed by atoms with Gasteiger partial charge < -0.3 is 5.32 Å². The van der Waals surface area contributed by atoms with E-state index in [1.165, 1.54) is 28.0 Å². The minimum atomic E-state index is -0.268. The standard InChI is InChI=1S/C22H24N4OS/c1-15-7-8-19(11-16(15)2)23-21(27)25-22-24-20(14-28-22)13-26-10-9-17-5-3-4-6-18(17)12-26/h3-8,11,14H,9-10,12-13H2,1-2H3,(H2,23,24,25,27). The molecule has 0 radical (unpaired) electrons. The lowest BCUT2D eigenvalue weighted by atomic mass is 10.00. The Hall–Kier alpha value is -2.70. The second kappa shape index (κ2) is 8.12. The van der Waals surface area contributed by atoms with Gasteiger partial charge in [0, 0.05) is 30.7 Å². The largest absolute Gasteiger partial charge is 0.325 e. The lowest BCUT2D eigenvalue weighted by Crippen LogP contribution is -2.30. The third-order valence-electron chi connectivity index (χ3n) is 5.13. The van der Waals surface area contributed by atoms with E-state index in [4.69, 9.17) is 0 Å². The first-order chi connectivity index (χ1) is 13.6. The number of rotatable bonds is 4. The summed E-state index contributed by atoms with van der Waals surface area (Å²) in [5.41, 5.74) is 6.97. The average Bonchev–Trinajstić information content (AvgIpc) is 3.11. The van der Waals surface area contributed by atoms with E-state index in [-0.39, 0.29) is 6.03 Å². The summed E-state index contributed by atoms with van der Waals surface area (Å²) in [5.74, 6) is 0. The van der Waals surface area contributed by atoms with Gasteiger partial charge in [-0.3, -0.25) is 10.2 Å². The van der Waals surface area contributed by atoms with Crippen LogP contribution < -0.4 is 10.6 Å². The molecule has 1 aromatic heterocycles. The van der Waals surface area contributed by atoms with Crippen molar-refractivity contribution in [1.82, 2.24) is 9.88 Å². The Kier molecular flexibility index (Phi) is 5.41. The number of benzene rings is 2. The van der Waals surface area contributed by atoms with Crippen molar-refractivity contribution in [1.29, 1.82) is 0 Å². The van der Waals surface area contributed by atoms with Crippen LogP contribution in [0.2, 0.25) is 0 Å². The van der Waals surface area contributed by atoms with Crippen LogP contribution in [-0.2, 0) is 19.5 Å². The number of nitrogens with zero attached hydrogens (tertiary/aromatic N) is 2. The molecule has 2 heterocycles. The Labute approximate surface area is 169 Å². The van der Waals surface area contributed by atoms with Crippen LogP contribution in [-0.4, -0.2) is 22.5 Å². The minimum absolute atomic E-state index is 0.268. The third kappa shape index (κ3) is 4.40. The van der Waals surface area contributed by atoms with Gasteiger partial charge in [0.25, 0.3) is 0 Å². The van der Waals surface area contributed by atoms with Crippen molar-refractivity contribution >= 4 is 28.2 Å². The first-order valence-electron chi connectivity index (χ1n) is 9.45. The topological polar surface area (TPSA) is 57.3 Å². The SMILES string of the molecule is Cc1ccc(NC(=O)Nc2nc(CN3CCc4ccccc4C3)cs2)cc1C. The van der Waals surface area contributed by atoms with Gasteiger partial charge in [-0.15, -0.1) is 11.3 Å². The molecule has 1 aliphatic rings. The number of amides is 2. The second-order valence-corrected chi connectivity index (χ2v) is 8.11. The van der Waals surface area contributed by atoms with Gasteiger partial charge in [0.1, 0.15) is 0 Å². The Morgan fingerprint density at radius 3 is 2.75 bits per heavy atom. The fraction of sp³-hybridized carbons (Fsp3) is 0.273. The molecule has 4 rings (SSSR count). The molecule has 0 spiro atoms. The molecular weight excluding hydrogens is 368 g/mol. The molecule has 0 atom stereocenters. The monoisotopic (exact) mass is 392 g/mol. The van der Waals surface area contributed by atoms with Crippen LogP contribution in [0.5, 0.6) is 0 Å². The van der Waals surface area contributed by atoms with Crippen molar-refractivity contribution in [3.63, 3.8) is 0 Å². The number of hydrogen-bond donors (Lipinski definition) is 2. The zero-order valence-corrected chi connectivity index (χ0v) is 17.0. The number of urea groups is 1. The highest BCUT2D eigenvalue weighted by molar-refractivity contribution is 7.13. The van der Waals surface area contributed by atoms with Crippen LogP contribution in [0.1, 0.15) is 27.9 Å². The van der Waals surface area contributed by atoms with E-state index in [0.717, 1.165) is 43.0 Å². The molecule has 0 saturated heterocycles. The number of hydrogen-bond acceptors (Lipinski definition) is 4. The molecule has 2 amide bonds. The molecule has 0 fully saturated rings. The Bertz CT molecular complexity index is 998. The van der Waals surface area contributed by atoms with Gasteiger partial charge in [-0.25, -0.2) is 9.78 Å². The lowest BCUT2D eigenvalue weighted by Gasteiger charge is -2.27. The van der Waals surface area contributed by atoms with Crippen LogP contribution in [0.25, 0.3) is 0 Å². The van der Waals surface area contributed by atoms with Crippen LogP contribution in [0, 0.1) is 13.8 Å². The normalized spacial score (nSPS) is 13.8. The predicted molar refractivity (Wildman–Crippen MR) is 115 cm³/mol. The smallest absolute Gasteiger partial charge is 0.308 e. The molecule has 3 aromatic rings. The van der Waals surface area contributed by atoms with Gasteiger partial charge >= 0.3 is 6.03 Å². The van der Waals surface area contributed by atoms with Crippen molar-refractivity contribution in [2.75, 3.05) is 17.2 Å². The number of carbonyl (C=O) groups excluding carboxylic acids is 1. The zero-order valence-electron chi connectivity index (χ0n) is 16.2. The van der Waals surface area contributed by atoms with E-state index < -0.39 is 0 Å². The van der Waals surface area contributed by atoms with Gasteiger partial charge in [0.2, 0.25) is 0 Å². The van der Waals surface area contributed by atoms with E-state index in [9.17, 15) is 4.79 Å². The number of carbonyl (C=O) groups is 1. The van der Waals surface area contributed by atoms with Crippen LogP contribution in [0.3, 0.4) is 0 Å². The van der Waals surface area contributed by atoms with Crippen LogP contribution in [0.4, 0.5) is 15.6 Å². The summed E-state index contributed by atoms with van der Waals surface area (Å²) in [7, 11) is 0. The van der Waals surface area contributed by atoms with Crippen LogP contribution >= 0.6 is 11.3 Å². The van der Waals surface area contributed by atoms with Gasteiger partial charge in [0.15, 0.2) is 5.13 Å². The van der Waals surface area contributed by atoms with Gasteiger partial charge in [0.05, 0.1) is 5.69 Å². The second-order valence-electron chi connectivity index (χ2n) is 7.25. The molecule has 2 N–H and O–H groups in total. The molecule has 0 aliphatic carbocycles. The van der Waals surface area contributed by atoms with E-state index in [0.29, 0.717) is 5.13 Å². The average molecular weight is 393 g/mol. The molecule has 1 aliphatic heterocycles. The maximum atomic E-state index is 12.2. The summed E-state index contributed by atoms with van der Waals surface area (Å²) in [4.78, 5) is 19.2. The number of thiazole rings is 1. The van der Waals surface area contributed by atoms with E-state index in [2.05, 4.69) is 51.7 Å². The van der Waals surface area contributed by atoms with Crippen molar-refractivity contribution in [3.05, 3.63) is 75.8 Å². The Morgan fingerprint density at radius 2 is 1.93 bits per heavy atom. The molecule has 0 saturated carbocycles. The highest BCUT2D eigenvalue weighted by Gasteiger charge is 2.17. The lowest BCUT2D eigenvalue weighted by molar-refractivity contribution is 0.243. The van der Waals surface area contributed by atoms with Gasteiger partial charge in [-0.1, -0.05) is 30.3 Å². The summed E-state index contributed by atoms with van der Waals surface area (Å²) < 4.78 is 0. The fourth-order valence-electron chi connectivity index (χ4n) is 3.43. The van der Waals surface area contributed by atoms with Gasteiger partial charge in [-0.2, -0.15) is 0 Å². The molecule has 6 heteroatoms. The first-order valence-corrected chi connectivity index (χ1v) is 10.3. The Morgan fingerprint density at radius 1 is 1.11 bits per heavy atom. The summed E-state index contributed by atoms with van der Waals surface area (Å²) in [5, 5.41) is 8.34. The van der Waals surface area contributed by atoms with Crippen molar-refractivity contribution < 1.29 is 4.79 Å². The van der Waals surface area contributed by atoms with E-state index in [1.807, 2.05) is 30.5 Å². The summed E-state index contributed by atoms with van der Waals surface area (Å²) in [6, 6.07) is 14.2. The number of anilines is 2. The predicted octanol–water partition coefficient (Wildman–Crippen LogP) is 4.96. The van der Waals surface area contributed by atoms with Crippen molar-refractivity contribution in [2.24, 2.45) is 0 Å². The molecule has 5 nitrogen and oxygen atoms in total. The van der Waals surface area contributed by atoms with Gasteiger partial charge in [-0.05, 0) is 54.7 Å². The first kappa shape index (κ1) is 18.7. The minimum Gasteiger partial charge on any atom is -0.308 e. The summed E-state index contributed by atoms with van der Waals surface area (Å²) in [6.07, 6.45) is 1.07. The molecule has 0 bridgehead atoms. The maximum Gasteiger partial charge on any atom is 0.325 e. The highest BCUT2D eigenvalue weighted by atomic mass is 32.1. The number of aromatic nitrogens is 1. The molecule has 2 aromatic carbocycles. The summed E-state index contributed by atoms with van der Waals surface area (Å²) in [6.45, 7) is 6.86. The number of aryl methyl sites for hydroxylation is 2. The number of fused-ring (bicyclic) bond motifs is 1. The van der Waals surface area contributed by atoms with Crippen molar-refractivity contribution in [3.8, 4) is 0 Å². The summed E-state index contributed by atoms with van der Waals surface area (Å²) >= 11 is 1.46. The maximum absolute atomic E-state index is 12.2. The van der Waals surface area contributed by atoms with Crippen molar-refractivity contribution in [2.45, 2.75) is 33.4 Å². The Balaban J connectivity index is 1.33. The van der Waals surface area contributed by atoms with E-state index >= 15 is 0 Å². The van der Waals surface area contributed by atoms with Crippen LogP contribution in [0.15, 0.2) is 47.8 Å².